The maximum absolute atomic E-state index is 13.7. The van der Waals surface area contributed by atoms with E-state index in [1.165, 1.54) is 6.20 Å². The van der Waals surface area contributed by atoms with Gasteiger partial charge < -0.3 is 15.6 Å². The average molecular weight is 391 g/mol. The number of nitrogens with zero attached hydrogens (tertiary/aromatic N) is 3. The highest BCUT2D eigenvalue weighted by Gasteiger charge is 2.11. The van der Waals surface area contributed by atoms with Crippen LogP contribution in [0.2, 0.25) is 5.02 Å². The van der Waals surface area contributed by atoms with Gasteiger partial charge in [-0.2, -0.15) is 5.10 Å². The molecule has 1 atom stereocenters. The molecule has 2 aromatic heterocycles. The van der Waals surface area contributed by atoms with E-state index in [1.54, 1.807) is 41.3 Å². The minimum absolute atomic E-state index is 0.105. The van der Waals surface area contributed by atoms with Gasteiger partial charge in [-0.25, -0.2) is 14.1 Å². The van der Waals surface area contributed by atoms with Crippen LogP contribution in [0.5, 0.6) is 11.6 Å². The second-order valence-electron chi connectivity index (χ2n) is 5.89. The van der Waals surface area contributed by atoms with Gasteiger partial charge in [0.25, 0.3) is 5.88 Å². The second kappa shape index (κ2) is 8.15. The molecule has 0 aliphatic carbocycles. The van der Waals surface area contributed by atoms with E-state index in [0.717, 1.165) is 17.3 Å². The SMILES string of the molecule is N[C@@H](CC(=O)O)Cc1cnn(-c2ccc(Oc3ncc(Cl)cc3F)cc2)c1. The number of benzene rings is 1. The molecular weight excluding hydrogens is 375 g/mol. The third-order valence-corrected chi connectivity index (χ3v) is 3.87. The second-order valence-corrected chi connectivity index (χ2v) is 6.33. The molecule has 0 bridgehead atoms. The van der Waals surface area contributed by atoms with Gasteiger partial charge in [0.15, 0.2) is 5.82 Å². The van der Waals surface area contributed by atoms with E-state index in [4.69, 9.17) is 27.2 Å². The number of pyridine rings is 1. The molecule has 7 nitrogen and oxygen atoms in total. The molecule has 0 saturated heterocycles. The van der Waals surface area contributed by atoms with Gasteiger partial charge in [-0.3, -0.25) is 4.79 Å². The summed E-state index contributed by atoms with van der Waals surface area (Å²) >= 11 is 5.66. The van der Waals surface area contributed by atoms with Crippen LogP contribution in [0.4, 0.5) is 4.39 Å². The van der Waals surface area contributed by atoms with E-state index in [1.807, 2.05) is 0 Å². The summed E-state index contributed by atoms with van der Waals surface area (Å²) < 4.78 is 20.8. The van der Waals surface area contributed by atoms with Crippen molar-refractivity contribution in [2.45, 2.75) is 18.9 Å². The molecule has 0 saturated carbocycles. The van der Waals surface area contributed by atoms with Gasteiger partial charge in [0.05, 0.1) is 23.3 Å². The first-order valence-electron chi connectivity index (χ1n) is 8.01. The maximum atomic E-state index is 13.7. The molecule has 0 radical (unpaired) electrons. The number of rotatable bonds is 7. The highest BCUT2D eigenvalue weighted by Crippen LogP contribution is 2.25. The van der Waals surface area contributed by atoms with Crippen molar-refractivity contribution >= 4 is 17.6 Å². The van der Waals surface area contributed by atoms with E-state index >= 15 is 0 Å². The standard InChI is InChI=1S/C18H16ClFN4O3/c19-12-6-16(20)18(22-9-12)27-15-3-1-14(2-4-15)24-10-11(8-23-24)5-13(21)7-17(25)26/h1-4,6,8-10,13H,5,7,21H2,(H,25,26)/t13-/m1/s1. The smallest absolute Gasteiger partial charge is 0.304 e. The number of carbonyl (C=O) groups is 1. The number of aromatic nitrogens is 3. The molecule has 140 valence electrons. The summed E-state index contributed by atoms with van der Waals surface area (Å²) in [6.07, 6.45) is 5.02. The molecule has 3 aromatic rings. The Morgan fingerprint density at radius 2 is 2.07 bits per heavy atom. The summed E-state index contributed by atoms with van der Waals surface area (Å²) in [5, 5.41) is 13.2. The molecular formula is C18H16ClFN4O3. The van der Waals surface area contributed by atoms with Crippen LogP contribution in [-0.2, 0) is 11.2 Å². The van der Waals surface area contributed by atoms with E-state index in [2.05, 4.69) is 10.1 Å². The van der Waals surface area contributed by atoms with Crippen LogP contribution in [0.25, 0.3) is 5.69 Å². The molecule has 0 aliphatic rings. The molecule has 0 unspecified atom stereocenters. The van der Waals surface area contributed by atoms with Crippen molar-refractivity contribution in [1.29, 1.82) is 0 Å². The van der Waals surface area contributed by atoms with Crippen molar-refractivity contribution in [3.8, 4) is 17.3 Å². The largest absolute Gasteiger partial charge is 0.481 e. The predicted octanol–water partition coefficient (Wildman–Crippen LogP) is 3.20. The molecule has 1 aromatic carbocycles. The van der Waals surface area contributed by atoms with Crippen molar-refractivity contribution in [2.24, 2.45) is 5.73 Å². The predicted molar refractivity (Wildman–Crippen MR) is 96.8 cm³/mol. The van der Waals surface area contributed by atoms with Crippen LogP contribution in [0, 0.1) is 5.82 Å². The van der Waals surface area contributed by atoms with E-state index in [-0.39, 0.29) is 17.3 Å². The Morgan fingerprint density at radius 1 is 1.33 bits per heavy atom. The Labute approximate surface area is 159 Å². The lowest BCUT2D eigenvalue weighted by molar-refractivity contribution is -0.137. The van der Waals surface area contributed by atoms with Gasteiger partial charge in [0.1, 0.15) is 5.75 Å². The van der Waals surface area contributed by atoms with Gasteiger partial charge >= 0.3 is 5.97 Å². The maximum Gasteiger partial charge on any atom is 0.304 e. The fourth-order valence-electron chi connectivity index (χ4n) is 2.46. The van der Waals surface area contributed by atoms with Crippen LogP contribution >= 0.6 is 11.6 Å². The fourth-order valence-corrected chi connectivity index (χ4v) is 2.61. The Balaban J connectivity index is 1.67. The summed E-state index contributed by atoms with van der Waals surface area (Å²) in [4.78, 5) is 14.5. The summed E-state index contributed by atoms with van der Waals surface area (Å²) in [5.41, 5.74) is 7.37. The molecule has 3 N–H and O–H groups in total. The third kappa shape index (κ3) is 5.02. The number of hydrogen-bond acceptors (Lipinski definition) is 5. The van der Waals surface area contributed by atoms with Crippen molar-refractivity contribution in [3.05, 3.63) is 65.3 Å². The molecule has 27 heavy (non-hydrogen) atoms. The number of nitrogens with two attached hydrogens (primary N) is 1. The zero-order valence-electron chi connectivity index (χ0n) is 14.0. The highest BCUT2D eigenvalue weighted by atomic mass is 35.5. The topological polar surface area (TPSA) is 103 Å². The van der Waals surface area contributed by atoms with Crippen LogP contribution in [0.3, 0.4) is 0 Å². The van der Waals surface area contributed by atoms with Gasteiger partial charge in [0, 0.05) is 18.4 Å². The molecule has 0 spiro atoms. The normalized spacial score (nSPS) is 12.0. The Morgan fingerprint density at radius 3 is 2.74 bits per heavy atom. The third-order valence-electron chi connectivity index (χ3n) is 3.66. The van der Waals surface area contributed by atoms with Gasteiger partial charge in [-0.05, 0) is 42.3 Å². The number of carboxylic acids is 1. The first-order valence-corrected chi connectivity index (χ1v) is 8.39. The Bertz CT molecular complexity index is 946. The molecule has 3 rings (SSSR count). The monoisotopic (exact) mass is 390 g/mol. The van der Waals surface area contributed by atoms with E-state index in [9.17, 15) is 9.18 Å². The molecule has 0 aliphatic heterocycles. The zero-order chi connectivity index (χ0) is 19.4. The number of aliphatic carboxylic acids is 1. The van der Waals surface area contributed by atoms with Crippen molar-refractivity contribution in [2.75, 3.05) is 0 Å². The highest BCUT2D eigenvalue weighted by molar-refractivity contribution is 6.30. The van der Waals surface area contributed by atoms with Crippen molar-refractivity contribution in [3.63, 3.8) is 0 Å². The lowest BCUT2D eigenvalue weighted by atomic mass is 10.1. The number of carboxylic acid groups (broad SMARTS) is 1. The fraction of sp³-hybridized carbons (Fsp3) is 0.167. The van der Waals surface area contributed by atoms with Crippen LogP contribution in [-0.4, -0.2) is 31.9 Å². The van der Waals surface area contributed by atoms with Crippen LogP contribution < -0.4 is 10.5 Å². The summed E-state index contributed by atoms with van der Waals surface area (Å²) in [7, 11) is 0. The lowest BCUT2D eigenvalue weighted by Gasteiger charge is -2.07. The zero-order valence-corrected chi connectivity index (χ0v) is 14.8. The molecule has 9 heteroatoms. The first kappa shape index (κ1) is 18.8. The van der Waals surface area contributed by atoms with Crippen molar-refractivity contribution < 1.29 is 19.0 Å². The number of halogens is 2. The minimum Gasteiger partial charge on any atom is -0.481 e. The summed E-state index contributed by atoms with van der Waals surface area (Å²) in [6.45, 7) is 0. The average Bonchev–Trinajstić information content (AvgIpc) is 3.05. The van der Waals surface area contributed by atoms with Gasteiger partial charge in [-0.1, -0.05) is 11.6 Å². The molecule has 0 fully saturated rings. The van der Waals surface area contributed by atoms with Gasteiger partial charge in [0.2, 0.25) is 0 Å². The number of ether oxygens (including phenoxy) is 1. The Kier molecular flexibility index (Phi) is 5.68. The van der Waals surface area contributed by atoms with E-state index in [0.29, 0.717) is 12.2 Å². The Hall–Kier alpha value is -2.97. The van der Waals surface area contributed by atoms with Gasteiger partial charge in [-0.15, -0.1) is 0 Å². The van der Waals surface area contributed by atoms with Crippen LogP contribution in [0.15, 0.2) is 48.9 Å². The van der Waals surface area contributed by atoms with E-state index < -0.39 is 17.8 Å². The minimum atomic E-state index is -0.933. The summed E-state index contributed by atoms with van der Waals surface area (Å²) in [5.74, 6) is -1.35. The lowest BCUT2D eigenvalue weighted by Crippen LogP contribution is -2.25. The summed E-state index contributed by atoms with van der Waals surface area (Å²) in [6, 6.07) is 7.45. The quantitative estimate of drug-likeness (QED) is 0.642. The molecule has 2 heterocycles. The first-order chi connectivity index (χ1) is 12.9. The number of hydrogen-bond donors (Lipinski definition) is 2. The van der Waals surface area contributed by atoms with Crippen molar-refractivity contribution in [1.82, 2.24) is 14.8 Å². The van der Waals surface area contributed by atoms with Crippen LogP contribution in [0.1, 0.15) is 12.0 Å². The molecule has 0 amide bonds.